The molecule has 10 heteroatoms. The highest BCUT2D eigenvalue weighted by molar-refractivity contribution is 6.31. The van der Waals surface area contributed by atoms with Gasteiger partial charge in [-0.15, -0.1) is 0 Å². The zero-order valence-corrected chi connectivity index (χ0v) is 17.5. The van der Waals surface area contributed by atoms with Crippen LogP contribution in [0.3, 0.4) is 0 Å². The molecule has 0 unspecified atom stereocenters. The first-order valence-corrected chi connectivity index (χ1v) is 9.61. The number of ether oxygens (including phenoxy) is 1. The molecule has 0 saturated carbocycles. The van der Waals surface area contributed by atoms with Crippen molar-refractivity contribution in [3.8, 4) is 5.75 Å². The van der Waals surface area contributed by atoms with Crippen molar-refractivity contribution < 1.29 is 27.5 Å². The van der Waals surface area contributed by atoms with Crippen molar-refractivity contribution >= 4 is 46.4 Å². The van der Waals surface area contributed by atoms with E-state index in [1.54, 1.807) is 32.0 Å². The predicted octanol–water partition coefficient (Wildman–Crippen LogP) is 5.55. The first-order chi connectivity index (χ1) is 13.9. The van der Waals surface area contributed by atoms with Crippen molar-refractivity contribution in [3.63, 3.8) is 0 Å². The second-order valence-electron chi connectivity index (χ2n) is 7.17. The van der Waals surface area contributed by atoms with E-state index in [-0.39, 0.29) is 24.6 Å². The molecule has 0 bridgehead atoms. The number of carbonyl (C=O) groups excluding carboxylic acids is 2. The van der Waals surface area contributed by atoms with Crippen molar-refractivity contribution in [2.24, 2.45) is 0 Å². The van der Waals surface area contributed by atoms with Gasteiger partial charge in [0.25, 0.3) is 5.91 Å². The number of amides is 2. The third-order valence-corrected chi connectivity index (χ3v) is 5.02. The minimum absolute atomic E-state index is 0.00941. The third kappa shape index (κ3) is 4.65. The van der Waals surface area contributed by atoms with Crippen LogP contribution in [0.15, 0.2) is 36.4 Å². The number of hydrogen-bond donors (Lipinski definition) is 1. The highest BCUT2D eigenvalue weighted by Crippen LogP contribution is 2.39. The lowest BCUT2D eigenvalue weighted by molar-refractivity contribution is -0.137. The van der Waals surface area contributed by atoms with Crippen LogP contribution in [-0.4, -0.2) is 24.0 Å². The second kappa shape index (κ2) is 8.00. The summed E-state index contributed by atoms with van der Waals surface area (Å²) in [5.74, 6) is -0.487. The highest BCUT2D eigenvalue weighted by Gasteiger charge is 2.41. The molecule has 2 aromatic carbocycles. The SMILES string of the molecule is CC1(C)Oc2ccc(Cl)cc2N(CCC(=O)Nc2ccc(Cl)c(C(F)(F)F)c2)C1=O. The van der Waals surface area contributed by atoms with Gasteiger partial charge in [-0.2, -0.15) is 13.2 Å². The fourth-order valence-corrected chi connectivity index (χ4v) is 3.41. The van der Waals surface area contributed by atoms with E-state index in [0.717, 1.165) is 12.1 Å². The Balaban J connectivity index is 1.75. The molecular weight excluding hydrogens is 444 g/mol. The zero-order valence-electron chi connectivity index (χ0n) is 15.9. The fraction of sp³-hybridized carbons (Fsp3) is 0.300. The van der Waals surface area contributed by atoms with Gasteiger partial charge in [0, 0.05) is 23.7 Å². The lowest BCUT2D eigenvalue weighted by atomic mass is 10.0. The third-order valence-electron chi connectivity index (χ3n) is 4.46. The van der Waals surface area contributed by atoms with E-state index in [1.807, 2.05) is 0 Å². The van der Waals surface area contributed by atoms with Gasteiger partial charge in [0.1, 0.15) is 5.75 Å². The maximum absolute atomic E-state index is 13.0. The van der Waals surface area contributed by atoms with Gasteiger partial charge in [0.2, 0.25) is 5.91 Å². The Hall–Kier alpha value is -2.45. The average molecular weight is 461 g/mol. The minimum atomic E-state index is -4.65. The molecule has 2 amide bonds. The summed E-state index contributed by atoms with van der Waals surface area (Å²) in [5, 5.41) is 2.33. The lowest BCUT2D eigenvalue weighted by Gasteiger charge is -2.38. The molecule has 0 aromatic heterocycles. The van der Waals surface area contributed by atoms with Crippen LogP contribution in [0.1, 0.15) is 25.8 Å². The topological polar surface area (TPSA) is 58.6 Å². The van der Waals surface area contributed by atoms with Crippen molar-refractivity contribution in [2.45, 2.75) is 32.0 Å². The highest BCUT2D eigenvalue weighted by atomic mass is 35.5. The summed E-state index contributed by atoms with van der Waals surface area (Å²) in [6.07, 6.45) is -4.80. The van der Waals surface area contributed by atoms with E-state index >= 15 is 0 Å². The normalized spacial score (nSPS) is 15.4. The van der Waals surface area contributed by atoms with Gasteiger partial charge < -0.3 is 15.0 Å². The Morgan fingerprint density at radius 1 is 1.17 bits per heavy atom. The van der Waals surface area contributed by atoms with Gasteiger partial charge in [0.05, 0.1) is 16.3 Å². The van der Waals surface area contributed by atoms with Gasteiger partial charge in [0.15, 0.2) is 5.60 Å². The van der Waals surface area contributed by atoms with Crippen LogP contribution < -0.4 is 15.0 Å². The van der Waals surface area contributed by atoms with E-state index < -0.39 is 28.3 Å². The number of nitrogens with zero attached hydrogens (tertiary/aromatic N) is 1. The van der Waals surface area contributed by atoms with Crippen molar-refractivity contribution in [1.29, 1.82) is 0 Å². The van der Waals surface area contributed by atoms with Crippen molar-refractivity contribution in [3.05, 3.63) is 52.0 Å². The number of alkyl halides is 3. The van der Waals surface area contributed by atoms with Crippen LogP contribution in [0, 0.1) is 0 Å². The molecule has 0 atom stereocenters. The van der Waals surface area contributed by atoms with Crippen LogP contribution in [0.2, 0.25) is 10.0 Å². The Morgan fingerprint density at radius 2 is 1.87 bits per heavy atom. The van der Waals surface area contributed by atoms with Gasteiger partial charge in [-0.25, -0.2) is 0 Å². The minimum Gasteiger partial charge on any atom is -0.476 e. The van der Waals surface area contributed by atoms with E-state index in [0.29, 0.717) is 16.5 Å². The summed E-state index contributed by atoms with van der Waals surface area (Å²) in [7, 11) is 0. The van der Waals surface area contributed by atoms with Crippen LogP contribution in [0.5, 0.6) is 5.75 Å². The predicted molar refractivity (Wildman–Crippen MR) is 108 cm³/mol. The maximum atomic E-state index is 13.0. The molecule has 160 valence electrons. The summed E-state index contributed by atoms with van der Waals surface area (Å²) in [4.78, 5) is 26.5. The van der Waals surface area contributed by atoms with Gasteiger partial charge >= 0.3 is 6.18 Å². The largest absolute Gasteiger partial charge is 0.476 e. The molecular formula is C20H17Cl2F3N2O3. The molecule has 0 fully saturated rings. The number of anilines is 2. The Labute approximate surface area is 180 Å². The lowest BCUT2D eigenvalue weighted by Crippen LogP contribution is -2.53. The molecule has 0 radical (unpaired) electrons. The smallest absolute Gasteiger partial charge is 0.417 e. The molecule has 30 heavy (non-hydrogen) atoms. The number of rotatable bonds is 4. The molecule has 1 aliphatic rings. The van der Waals surface area contributed by atoms with Crippen molar-refractivity contribution in [1.82, 2.24) is 0 Å². The molecule has 3 rings (SSSR count). The fourth-order valence-electron chi connectivity index (χ4n) is 3.02. The van der Waals surface area contributed by atoms with E-state index in [4.69, 9.17) is 27.9 Å². The Morgan fingerprint density at radius 3 is 2.53 bits per heavy atom. The van der Waals surface area contributed by atoms with Crippen LogP contribution in [0.4, 0.5) is 24.5 Å². The van der Waals surface area contributed by atoms with E-state index in [9.17, 15) is 22.8 Å². The first-order valence-electron chi connectivity index (χ1n) is 8.85. The molecule has 0 spiro atoms. The second-order valence-corrected chi connectivity index (χ2v) is 8.02. The summed E-state index contributed by atoms with van der Waals surface area (Å²) in [6, 6.07) is 7.90. The monoisotopic (exact) mass is 460 g/mol. The number of hydrogen-bond acceptors (Lipinski definition) is 3. The van der Waals surface area contributed by atoms with E-state index in [1.165, 1.54) is 11.0 Å². The quantitative estimate of drug-likeness (QED) is 0.650. The summed E-state index contributed by atoms with van der Waals surface area (Å²) in [5.41, 5.74) is -1.82. The van der Waals surface area contributed by atoms with Gasteiger partial charge in [-0.1, -0.05) is 23.2 Å². The standard InChI is InChI=1S/C20H17Cl2F3N2O3/c1-19(2)18(29)27(15-9-11(21)3-6-16(15)30-19)8-7-17(28)26-12-4-5-14(22)13(10-12)20(23,24)25/h3-6,9-10H,7-8H2,1-2H3,(H,26,28). The molecule has 1 aliphatic heterocycles. The summed E-state index contributed by atoms with van der Waals surface area (Å²) >= 11 is 11.6. The first kappa shape index (κ1) is 22.2. The van der Waals surface area contributed by atoms with Gasteiger partial charge in [-0.3, -0.25) is 9.59 Å². The number of fused-ring (bicyclic) bond motifs is 1. The molecule has 1 heterocycles. The average Bonchev–Trinajstić information content (AvgIpc) is 2.63. The van der Waals surface area contributed by atoms with Crippen molar-refractivity contribution in [2.75, 3.05) is 16.8 Å². The molecule has 2 aromatic rings. The molecule has 0 aliphatic carbocycles. The number of benzene rings is 2. The van der Waals surface area contributed by atoms with Crippen LogP contribution in [-0.2, 0) is 15.8 Å². The summed E-state index contributed by atoms with van der Waals surface area (Å²) < 4.78 is 44.7. The number of nitrogens with one attached hydrogen (secondary N) is 1. The van der Waals surface area contributed by atoms with Gasteiger partial charge in [-0.05, 0) is 50.2 Å². The van der Waals surface area contributed by atoms with Crippen LogP contribution >= 0.6 is 23.2 Å². The Bertz CT molecular complexity index is 1010. The van der Waals surface area contributed by atoms with E-state index in [2.05, 4.69) is 5.32 Å². The molecule has 5 nitrogen and oxygen atoms in total. The molecule has 0 saturated heterocycles. The zero-order chi connectivity index (χ0) is 22.3. The molecule has 1 N–H and O–H groups in total. The summed E-state index contributed by atoms with van der Waals surface area (Å²) in [6.45, 7) is 3.20. The number of halogens is 5. The maximum Gasteiger partial charge on any atom is 0.417 e. The Kier molecular flexibility index (Phi) is 5.93. The number of carbonyl (C=O) groups is 2. The van der Waals surface area contributed by atoms with Crippen LogP contribution in [0.25, 0.3) is 0 Å².